The molecule has 2 aromatic heterocycles. The van der Waals surface area contributed by atoms with Crippen molar-refractivity contribution in [3.05, 3.63) is 30.0 Å². The van der Waals surface area contributed by atoms with Gasteiger partial charge in [-0.3, -0.25) is 4.79 Å². The molecule has 2 aliphatic rings. The van der Waals surface area contributed by atoms with Gasteiger partial charge >= 0.3 is 0 Å². The van der Waals surface area contributed by atoms with Crippen LogP contribution in [0.25, 0.3) is 11.3 Å². The average molecular weight is 272 g/mol. The van der Waals surface area contributed by atoms with Crippen molar-refractivity contribution in [3.63, 3.8) is 0 Å². The molecule has 20 heavy (non-hydrogen) atoms. The second-order valence-electron chi connectivity index (χ2n) is 5.18. The summed E-state index contributed by atoms with van der Waals surface area (Å²) in [5, 5.41) is 2.92. The van der Waals surface area contributed by atoms with E-state index >= 15 is 0 Å². The fourth-order valence-corrected chi connectivity index (χ4v) is 2.90. The van der Waals surface area contributed by atoms with E-state index in [-0.39, 0.29) is 5.91 Å². The van der Waals surface area contributed by atoms with Gasteiger partial charge in [-0.2, -0.15) is 0 Å². The van der Waals surface area contributed by atoms with E-state index in [1.807, 2.05) is 16.8 Å². The highest BCUT2D eigenvalue weighted by atomic mass is 16.5. The molecule has 4 rings (SSSR count). The van der Waals surface area contributed by atoms with Gasteiger partial charge in [-0.1, -0.05) is 0 Å². The summed E-state index contributed by atoms with van der Waals surface area (Å²) in [5.74, 6) is 0.965. The van der Waals surface area contributed by atoms with E-state index in [0.29, 0.717) is 13.2 Å². The van der Waals surface area contributed by atoms with Crippen molar-refractivity contribution >= 4 is 5.91 Å². The maximum absolute atomic E-state index is 12.0. The van der Waals surface area contributed by atoms with E-state index in [0.717, 1.165) is 48.8 Å². The molecule has 0 bridgehead atoms. The Hall–Kier alpha value is -2.08. The second-order valence-corrected chi connectivity index (χ2v) is 5.18. The van der Waals surface area contributed by atoms with Crippen LogP contribution in [0, 0.1) is 0 Å². The van der Waals surface area contributed by atoms with Crippen LogP contribution in [-0.2, 0) is 24.4 Å². The molecule has 0 unspecified atom stereocenters. The highest BCUT2D eigenvalue weighted by Crippen LogP contribution is 2.26. The highest BCUT2D eigenvalue weighted by Gasteiger charge is 2.20. The van der Waals surface area contributed by atoms with Gasteiger partial charge in [-0.25, -0.2) is 4.98 Å². The van der Waals surface area contributed by atoms with Crippen molar-refractivity contribution in [3.8, 4) is 11.3 Å². The molecule has 2 aromatic rings. The van der Waals surface area contributed by atoms with Gasteiger partial charge in [0.2, 0.25) is 0 Å². The number of hydrogen-bond donors (Lipinski definition) is 1. The number of carbonyl (C=O) groups is 1. The third-order valence-electron chi connectivity index (χ3n) is 3.91. The van der Waals surface area contributed by atoms with E-state index in [9.17, 15) is 4.79 Å². The first-order valence-corrected chi connectivity index (χ1v) is 6.94. The summed E-state index contributed by atoms with van der Waals surface area (Å²) in [4.78, 5) is 16.4. The number of aromatic nitrogens is 3. The van der Waals surface area contributed by atoms with Crippen LogP contribution in [0.4, 0.5) is 0 Å². The summed E-state index contributed by atoms with van der Waals surface area (Å²) < 4.78 is 9.62. The Morgan fingerprint density at radius 1 is 1.30 bits per heavy atom. The SMILES string of the molecule is O=C1NCCCn2cc(-c3cnc4n3CCOC4)cc21. The maximum atomic E-state index is 12.0. The van der Waals surface area contributed by atoms with Gasteiger partial charge in [0.05, 0.1) is 18.5 Å². The Labute approximate surface area is 116 Å². The van der Waals surface area contributed by atoms with Crippen molar-refractivity contribution in [2.75, 3.05) is 13.2 Å². The van der Waals surface area contributed by atoms with Crippen LogP contribution >= 0.6 is 0 Å². The lowest BCUT2D eigenvalue weighted by molar-refractivity contribution is 0.0821. The lowest BCUT2D eigenvalue weighted by Gasteiger charge is -2.16. The molecule has 1 N–H and O–H groups in total. The lowest BCUT2D eigenvalue weighted by atomic mass is 10.2. The molecule has 0 aliphatic carbocycles. The molecule has 0 radical (unpaired) electrons. The number of hydrogen-bond acceptors (Lipinski definition) is 3. The number of amides is 1. The Morgan fingerprint density at radius 3 is 3.20 bits per heavy atom. The summed E-state index contributed by atoms with van der Waals surface area (Å²) in [6.07, 6.45) is 4.89. The number of carbonyl (C=O) groups excluding carboxylic acids is 1. The predicted molar refractivity (Wildman–Crippen MR) is 72.3 cm³/mol. The third kappa shape index (κ3) is 1.76. The van der Waals surface area contributed by atoms with E-state index < -0.39 is 0 Å². The highest BCUT2D eigenvalue weighted by molar-refractivity contribution is 5.94. The predicted octanol–water partition coefficient (Wildman–Crippen LogP) is 1.02. The van der Waals surface area contributed by atoms with Gasteiger partial charge in [0.25, 0.3) is 5.91 Å². The van der Waals surface area contributed by atoms with Gasteiger partial charge in [-0.15, -0.1) is 0 Å². The van der Waals surface area contributed by atoms with Crippen LogP contribution < -0.4 is 5.32 Å². The van der Waals surface area contributed by atoms with Crippen molar-refractivity contribution in [1.29, 1.82) is 0 Å². The van der Waals surface area contributed by atoms with E-state index in [1.165, 1.54) is 0 Å². The summed E-state index contributed by atoms with van der Waals surface area (Å²) in [5.41, 5.74) is 2.86. The normalized spacial score (nSPS) is 18.1. The molecule has 2 aliphatic heterocycles. The quantitative estimate of drug-likeness (QED) is 0.843. The summed E-state index contributed by atoms with van der Waals surface area (Å²) in [7, 11) is 0. The summed E-state index contributed by atoms with van der Waals surface area (Å²) in [6.45, 7) is 3.71. The van der Waals surface area contributed by atoms with Gasteiger partial charge < -0.3 is 19.2 Å². The lowest BCUT2D eigenvalue weighted by Crippen LogP contribution is -2.22. The minimum Gasteiger partial charge on any atom is -0.372 e. The summed E-state index contributed by atoms with van der Waals surface area (Å²) in [6, 6.07) is 1.96. The first-order valence-electron chi connectivity index (χ1n) is 6.94. The zero-order valence-corrected chi connectivity index (χ0v) is 11.1. The van der Waals surface area contributed by atoms with E-state index in [1.54, 1.807) is 0 Å². The van der Waals surface area contributed by atoms with Crippen LogP contribution in [0.5, 0.6) is 0 Å². The number of nitrogens with zero attached hydrogens (tertiary/aromatic N) is 3. The molecule has 6 nitrogen and oxygen atoms in total. The minimum atomic E-state index is 0.00969. The van der Waals surface area contributed by atoms with Gasteiger partial charge in [0.1, 0.15) is 18.1 Å². The third-order valence-corrected chi connectivity index (χ3v) is 3.91. The molecular weight excluding hydrogens is 256 g/mol. The number of rotatable bonds is 1. The molecule has 0 saturated carbocycles. The summed E-state index contributed by atoms with van der Waals surface area (Å²) >= 11 is 0. The number of nitrogens with one attached hydrogen (secondary N) is 1. The van der Waals surface area contributed by atoms with Crippen molar-refractivity contribution in [2.45, 2.75) is 26.1 Å². The Kier molecular flexibility index (Phi) is 2.63. The number of imidazole rings is 1. The Bertz CT molecular complexity index is 671. The van der Waals surface area contributed by atoms with Crippen LogP contribution in [0.15, 0.2) is 18.5 Å². The van der Waals surface area contributed by atoms with Crippen LogP contribution in [-0.4, -0.2) is 33.2 Å². The maximum Gasteiger partial charge on any atom is 0.267 e. The van der Waals surface area contributed by atoms with Crippen molar-refractivity contribution in [2.24, 2.45) is 0 Å². The van der Waals surface area contributed by atoms with Crippen molar-refractivity contribution in [1.82, 2.24) is 19.4 Å². The van der Waals surface area contributed by atoms with Crippen LogP contribution in [0.1, 0.15) is 22.7 Å². The Balaban J connectivity index is 1.78. The fraction of sp³-hybridized carbons (Fsp3) is 0.429. The number of ether oxygens (including phenoxy) is 1. The standard InChI is InChI=1S/C14H16N4O2/c19-14-11-6-10(8-17(11)3-1-2-15-14)12-7-16-13-9-20-5-4-18(12)13/h6-8H,1-5,9H2,(H,15,19). The molecule has 0 aromatic carbocycles. The molecular formula is C14H16N4O2. The fourth-order valence-electron chi connectivity index (χ4n) is 2.90. The van der Waals surface area contributed by atoms with Gasteiger partial charge in [0, 0.05) is 31.4 Å². The monoisotopic (exact) mass is 272 g/mol. The van der Waals surface area contributed by atoms with Crippen LogP contribution in [0.3, 0.4) is 0 Å². The number of fused-ring (bicyclic) bond motifs is 2. The average Bonchev–Trinajstić information content (AvgIpc) is 3.03. The first kappa shape index (κ1) is 11.7. The molecule has 6 heteroatoms. The second kappa shape index (κ2) is 4.49. The minimum absolute atomic E-state index is 0.00969. The molecule has 0 spiro atoms. The van der Waals surface area contributed by atoms with Gasteiger partial charge in [-0.05, 0) is 12.5 Å². The molecule has 4 heterocycles. The Morgan fingerprint density at radius 2 is 2.25 bits per heavy atom. The zero-order valence-electron chi connectivity index (χ0n) is 11.1. The first-order chi connectivity index (χ1) is 9.83. The molecule has 0 atom stereocenters. The van der Waals surface area contributed by atoms with E-state index in [2.05, 4.69) is 21.1 Å². The van der Waals surface area contributed by atoms with Gasteiger partial charge in [0.15, 0.2) is 0 Å². The number of aryl methyl sites for hydroxylation is 1. The topological polar surface area (TPSA) is 61.1 Å². The smallest absolute Gasteiger partial charge is 0.267 e. The van der Waals surface area contributed by atoms with Crippen LogP contribution in [0.2, 0.25) is 0 Å². The van der Waals surface area contributed by atoms with E-state index in [4.69, 9.17) is 4.74 Å². The molecule has 0 saturated heterocycles. The zero-order chi connectivity index (χ0) is 13.5. The largest absolute Gasteiger partial charge is 0.372 e. The molecule has 1 amide bonds. The molecule has 0 fully saturated rings. The van der Waals surface area contributed by atoms with Crippen molar-refractivity contribution < 1.29 is 9.53 Å². The molecule has 104 valence electrons.